The van der Waals surface area contributed by atoms with E-state index in [0.717, 1.165) is 42.4 Å². The lowest BCUT2D eigenvalue weighted by Gasteiger charge is -2.47. The molecule has 0 bridgehead atoms. The summed E-state index contributed by atoms with van der Waals surface area (Å²) >= 11 is 0. The average Bonchev–Trinajstić information content (AvgIpc) is 3.19. The molecule has 1 N–H and O–H groups in total. The van der Waals surface area contributed by atoms with Crippen LogP contribution in [0, 0.1) is 52.3 Å². The highest BCUT2D eigenvalue weighted by molar-refractivity contribution is 5.31. The van der Waals surface area contributed by atoms with Gasteiger partial charge in [0.25, 0.3) is 0 Å². The third kappa shape index (κ3) is 3.58. The van der Waals surface area contributed by atoms with Crippen molar-refractivity contribution in [1.82, 2.24) is 0 Å². The first-order chi connectivity index (χ1) is 13.7. The minimum absolute atomic E-state index is 0.127. The number of fused-ring (bicyclic) bond motifs is 2. The van der Waals surface area contributed by atoms with Crippen molar-refractivity contribution in [3.05, 3.63) is 24.3 Å². The Morgan fingerprint density at radius 1 is 1.10 bits per heavy atom. The van der Waals surface area contributed by atoms with Crippen molar-refractivity contribution in [1.29, 1.82) is 0 Å². The molecular weight excluding hydrogens is 352 g/mol. The quantitative estimate of drug-likeness (QED) is 0.443. The Hall–Kier alpha value is -0.560. The predicted octanol–water partition coefficient (Wildman–Crippen LogP) is 7.41. The van der Waals surface area contributed by atoms with E-state index in [1.165, 1.54) is 50.5 Å². The summed E-state index contributed by atoms with van der Waals surface area (Å²) in [6.45, 7) is 16.4. The molecule has 0 aliphatic heterocycles. The summed E-state index contributed by atoms with van der Waals surface area (Å²) in [5.41, 5.74) is 1.98. The molecule has 4 aliphatic rings. The third-order valence-corrected chi connectivity index (χ3v) is 10.5. The second kappa shape index (κ2) is 7.85. The zero-order valence-corrected chi connectivity index (χ0v) is 19.8. The van der Waals surface area contributed by atoms with Gasteiger partial charge in [-0.15, -0.1) is 0 Å². The highest BCUT2D eigenvalue weighted by Gasteiger charge is 2.63. The smallest absolute Gasteiger partial charge is 0.0638 e. The molecule has 0 aromatic carbocycles. The predicted molar refractivity (Wildman–Crippen MR) is 124 cm³/mol. The molecule has 4 fully saturated rings. The Morgan fingerprint density at radius 3 is 2.48 bits per heavy atom. The zero-order valence-electron chi connectivity index (χ0n) is 19.8. The standard InChI is InChI=1S/C28H46O/c1-18(2)19(3)9-10-20(4)24-13-14-25-22(8-7-15-27(24,25)6)16-26(29)28-17-23(28)12-11-21(28)5/h9-10,18-20,22-26,29H,5,7-8,11-17H2,1-4,6H3/b10-9+/t19-,20+,22?,23?,24+,25?,26?,27+,28?/m0/s1. The van der Waals surface area contributed by atoms with Crippen molar-refractivity contribution in [2.24, 2.45) is 52.3 Å². The molecule has 5 unspecified atom stereocenters. The van der Waals surface area contributed by atoms with Crippen LogP contribution >= 0.6 is 0 Å². The number of hydrogen-bond acceptors (Lipinski definition) is 1. The number of aliphatic hydroxyl groups is 1. The fourth-order valence-electron chi connectivity index (χ4n) is 8.10. The molecule has 1 heteroatoms. The van der Waals surface area contributed by atoms with Gasteiger partial charge in [0.2, 0.25) is 0 Å². The summed E-state index contributed by atoms with van der Waals surface area (Å²) in [5, 5.41) is 11.3. The lowest BCUT2D eigenvalue weighted by Crippen LogP contribution is -2.40. The van der Waals surface area contributed by atoms with Gasteiger partial charge < -0.3 is 5.11 Å². The zero-order chi connectivity index (χ0) is 21.0. The lowest BCUT2D eigenvalue weighted by molar-refractivity contribution is 0.000641. The normalized spacial score (nSPS) is 44.7. The van der Waals surface area contributed by atoms with E-state index in [4.69, 9.17) is 0 Å². The summed E-state index contributed by atoms with van der Waals surface area (Å²) < 4.78 is 0. The molecular formula is C28H46O. The molecule has 0 spiro atoms. The van der Waals surface area contributed by atoms with Crippen molar-refractivity contribution in [3.63, 3.8) is 0 Å². The van der Waals surface area contributed by atoms with E-state index in [0.29, 0.717) is 17.3 Å². The van der Waals surface area contributed by atoms with Crippen LogP contribution in [0.25, 0.3) is 0 Å². The van der Waals surface area contributed by atoms with E-state index in [9.17, 15) is 5.11 Å². The Bertz CT molecular complexity index is 647. The van der Waals surface area contributed by atoms with Crippen molar-refractivity contribution in [3.8, 4) is 0 Å². The first-order valence-electron chi connectivity index (χ1n) is 12.7. The van der Waals surface area contributed by atoms with Gasteiger partial charge in [-0.05, 0) is 91.8 Å². The van der Waals surface area contributed by atoms with E-state index in [-0.39, 0.29) is 11.5 Å². The van der Waals surface area contributed by atoms with Crippen molar-refractivity contribution in [2.75, 3.05) is 0 Å². The Balaban J connectivity index is 1.43. The second-order valence-corrected chi connectivity index (χ2v) is 12.1. The van der Waals surface area contributed by atoms with Gasteiger partial charge in [0.05, 0.1) is 6.10 Å². The summed E-state index contributed by atoms with van der Waals surface area (Å²) in [6.07, 6.45) is 16.5. The van der Waals surface area contributed by atoms with Gasteiger partial charge in [-0.2, -0.15) is 0 Å². The Labute approximate surface area is 180 Å². The van der Waals surface area contributed by atoms with Crippen molar-refractivity contribution in [2.45, 2.75) is 98.5 Å². The number of allylic oxidation sites excluding steroid dienone is 2. The highest BCUT2D eigenvalue weighted by Crippen LogP contribution is 2.69. The molecule has 4 saturated carbocycles. The van der Waals surface area contributed by atoms with Gasteiger partial charge in [0.1, 0.15) is 0 Å². The molecule has 0 heterocycles. The highest BCUT2D eigenvalue weighted by atomic mass is 16.3. The Morgan fingerprint density at radius 2 is 1.86 bits per heavy atom. The van der Waals surface area contributed by atoms with Gasteiger partial charge in [0, 0.05) is 5.41 Å². The number of hydrogen-bond donors (Lipinski definition) is 1. The van der Waals surface area contributed by atoms with Crippen LogP contribution in [0.2, 0.25) is 0 Å². The van der Waals surface area contributed by atoms with E-state index in [1.54, 1.807) is 0 Å². The maximum absolute atomic E-state index is 11.3. The van der Waals surface area contributed by atoms with Crippen LogP contribution in [-0.2, 0) is 0 Å². The summed E-state index contributed by atoms with van der Waals surface area (Å²) in [5.74, 6) is 5.18. The molecule has 0 saturated heterocycles. The van der Waals surface area contributed by atoms with Crippen LogP contribution in [0.1, 0.15) is 92.4 Å². The third-order valence-electron chi connectivity index (χ3n) is 10.5. The average molecular weight is 399 g/mol. The van der Waals surface area contributed by atoms with Gasteiger partial charge in [-0.1, -0.05) is 71.8 Å². The van der Waals surface area contributed by atoms with E-state index in [1.807, 2.05) is 0 Å². The first-order valence-corrected chi connectivity index (χ1v) is 12.7. The molecule has 4 aliphatic carbocycles. The van der Waals surface area contributed by atoms with Crippen LogP contribution in [0.3, 0.4) is 0 Å². The maximum Gasteiger partial charge on any atom is 0.0638 e. The molecule has 9 atom stereocenters. The van der Waals surface area contributed by atoms with Crippen LogP contribution in [-0.4, -0.2) is 11.2 Å². The van der Waals surface area contributed by atoms with Gasteiger partial charge in [0.15, 0.2) is 0 Å². The van der Waals surface area contributed by atoms with Crippen molar-refractivity contribution >= 4 is 0 Å². The molecule has 4 rings (SSSR count). The fourth-order valence-corrected chi connectivity index (χ4v) is 8.10. The minimum atomic E-state index is -0.127. The Kier molecular flexibility index (Phi) is 5.86. The van der Waals surface area contributed by atoms with Crippen LogP contribution < -0.4 is 0 Å². The topological polar surface area (TPSA) is 20.2 Å². The molecule has 1 nitrogen and oxygen atoms in total. The first kappa shape index (κ1) is 21.7. The summed E-state index contributed by atoms with van der Waals surface area (Å²) in [4.78, 5) is 0. The van der Waals surface area contributed by atoms with Crippen LogP contribution in [0.4, 0.5) is 0 Å². The number of aliphatic hydroxyl groups excluding tert-OH is 1. The minimum Gasteiger partial charge on any atom is -0.392 e. The van der Waals surface area contributed by atoms with Gasteiger partial charge >= 0.3 is 0 Å². The van der Waals surface area contributed by atoms with E-state index < -0.39 is 0 Å². The molecule has 0 aromatic rings. The van der Waals surface area contributed by atoms with Crippen LogP contribution in [0.15, 0.2) is 24.3 Å². The number of rotatable bonds is 7. The summed E-state index contributed by atoms with van der Waals surface area (Å²) in [7, 11) is 0. The molecule has 0 radical (unpaired) electrons. The van der Waals surface area contributed by atoms with E-state index >= 15 is 0 Å². The second-order valence-electron chi connectivity index (χ2n) is 12.1. The SMILES string of the molecule is C=C1CCC2CC12C(O)CC1CCC[C@@]2(C)C1CC[C@@H]2[C@H](C)/C=C/[C@H](C)C(C)C. The lowest BCUT2D eigenvalue weighted by atomic mass is 9.58. The van der Waals surface area contributed by atoms with Crippen molar-refractivity contribution < 1.29 is 5.11 Å². The van der Waals surface area contributed by atoms with Crippen LogP contribution in [0.5, 0.6) is 0 Å². The summed E-state index contributed by atoms with van der Waals surface area (Å²) in [6, 6.07) is 0. The fraction of sp³-hybridized carbons (Fsp3) is 0.857. The molecule has 0 amide bonds. The molecule has 164 valence electrons. The van der Waals surface area contributed by atoms with Gasteiger partial charge in [-0.3, -0.25) is 0 Å². The molecule has 29 heavy (non-hydrogen) atoms. The molecule has 0 aromatic heterocycles. The maximum atomic E-state index is 11.3. The van der Waals surface area contributed by atoms with E-state index in [2.05, 4.69) is 53.3 Å². The monoisotopic (exact) mass is 398 g/mol. The largest absolute Gasteiger partial charge is 0.392 e. The van der Waals surface area contributed by atoms with Gasteiger partial charge in [-0.25, -0.2) is 0 Å².